The molecule has 2 aliphatic carbocycles. The molecule has 4 heteroatoms. The summed E-state index contributed by atoms with van der Waals surface area (Å²) in [4.78, 5) is 19.2. The summed E-state index contributed by atoms with van der Waals surface area (Å²) in [6.07, 6.45) is 6.87. The van der Waals surface area contributed by atoms with Crippen LogP contribution in [0.4, 0.5) is 0 Å². The minimum atomic E-state index is -0.0394. The fraction of sp³-hybridized carbons (Fsp3) is 0.520. The molecule has 1 spiro atoms. The molecule has 29 heavy (non-hydrogen) atoms. The van der Waals surface area contributed by atoms with E-state index in [0.717, 1.165) is 59.1 Å². The van der Waals surface area contributed by atoms with Crippen molar-refractivity contribution in [3.8, 4) is 11.3 Å². The molecular weight excluding hydrogens is 376 g/mol. The summed E-state index contributed by atoms with van der Waals surface area (Å²) in [5.74, 6) is 1.19. The molecule has 1 fully saturated rings. The highest BCUT2D eigenvalue weighted by Crippen LogP contribution is 2.48. The number of hydrogen-bond acceptors (Lipinski definition) is 3. The van der Waals surface area contributed by atoms with Crippen LogP contribution in [0, 0.1) is 5.92 Å². The normalized spacial score (nSPS) is 17.2. The molecule has 154 valence electrons. The van der Waals surface area contributed by atoms with Crippen molar-refractivity contribution >= 4 is 11.8 Å². The number of thioether (sulfide) groups is 1. The van der Waals surface area contributed by atoms with E-state index < -0.39 is 0 Å². The zero-order valence-electron chi connectivity index (χ0n) is 18.0. The smallest absolute Gasteiger partial charge is 0.258 e. The molecule has 4 rings (SSSR count). The van der Waals surface area contributed by atoms with Crippen molar-refractivity contribution in [1.29, 1.82) is 0 Å². The summed E-state index contributed by atoms with van der Waals surface area (Å²) >= 11 is 1.65. The highest BCUT2D eigenvalue weighted by Gasteiger charge is 2.43. The van der Waals surface area contributed by atoms with Crippen LogP contribution in [0.5, 0.6) is 0 Å². The predicted octanol–water partition coefficient (Wildman–Crippen LogP) is 5.99. The van der Waals surface area contributed by atoms with Gasteiger partial charge in [-0.25, -0.2) is 4.98 Å². The zero-order valence-corrected chi connectivity index (χ0v) is 18.8. The van der Waals surface area contributed by atoms with E-state index in [1.165, 1.54) is 24.8 Å². The topological polar surface area (TPSA) is 34.9 Å². The molecule has 1 aromatic carbocycles. The quantitative estimate of drug-likeness (QED) is 0.346. The number of nitrogens with zero attached hydrogens (tertiary/aromatic N) is 2. The third-order valence-corrected chi connectivity index (χ3v) is 7.48. The Morgan fingerprint density at radius 3 is 2.66 bits per heavy atom. The van der Waals surface area contributed by atoms with Gasteiger partial charge in [-0.15, -0.1) is 0 Å². The fourth-order valence-corrected chi connectivity index (χ4v) is 5.89. The van der Waals surface area contributed by atoms with Gasteiger partial charge in [0.15, 0.2) is 5.16 Å². The number of aromatic nitrogens is 2. The molecule has 0 bridgehead atoms. The summed E-state index contributed by atoms with van der Waals surface area (Å²) < 4.78 is 1.96. The first-order valence-electron chi connectivity index (χ1n) is 10.9. The predicted molar refractivity (Wildman–Crippen MR) is 123 cm³/mol. The Morgan fingerprint density at radius 2 is 1.97 bits per heavy atom. The molecule has 0 saturated heterocycles. The molecule has 0 amide bonds. The van der Waals surface area contributed by atoms with Crippen molar-refractivity contribution in [3.63, 3.8) is 0 Å². The van der Waals surface area contributed by atoms with Crippen LogP contribution in [0.15, 0.2) is 46.4 Å². The van der Waals surface area contributed by atoms with E-state index in [9.17, 15) is 4.79 Å². The van der Waals surface area contributed by atoms with E-state index in [1.54, 1.807) is 11.8 Å². The molecule has 0 radical (unpaired) electrons. The molecule has 1 heterocycles. The first-order valence-corrected chi connectivity index (χ1v) is 11.9. The van der Waals surface area contributed by atoms with Crippen LogP contribution in [0.25, 0.3) is 11.3 Å². The third kappa shape index (κ3) is 3.84. The second-order valence-corrected chi connectivity index (χ2v) is 10.3. The Labute approximate surface area is 178 Å². The molecule has 0 atom stereocenters. The van der Waals surface area contributed by atoms with Gasteiger partial charge in [-0.2, -0.15) is 0 Å². The first-order chi connectivity index (χ1) is 13.9. The van der Waals surface area contributed by atoms with Crippen molar-refractivity contribution in [3.05, 3.63) is 57.9 Å². The second-order valence-electron chi connectivity index (χ2n) is 9.35. The lowest BCUT2D eigenvalue weighted by molar-refractivity contribution is 0.281. The van der Waals surface area contributed by atoms with Gasteiger partial charge in [0.25, 0.3) is 5.56 Å². The maximum Gasteiger partial charge on any atom is 0.258 e. The summed E-state index contributed by atoms with van der Waals surface area (Å²) in [5, 5.41) is 0.841. The van der Waals surface area contributed by atoms with E-state index >= 15 is 0 Å². The van der Waals surface area contributed by atoms with E-state index in [1.807, 2.05) is 11.5 Å². The molecule has 2 aliphatic rings. The van der Waals surface area contributed by atoms with E-state index in [0.29, 0.717) is 5.92 Å². The molecule has 1 saturated carbocycles. The number of rotatable bonds is 5. The third-order valence-electron chi connectivity index (χ3n) is 6.27. The van der Waals surface area contributed by atoms with Crippen LogP contribution in [-0.2, 0) is 18.4 Å². The summed E-state index contributed by atoms with van der Waals surface area (Å²) in [5.41, 5.74) is 5.71. The SMILES string of the molecule is C=C(C)CSc1nc2c(c(=O)n1CC(C)C)C1(CCCCC1)Cc1ccccc1-2. The number of benzene rings is 1. The molecule has 1 aromatic heterocycles. The standard InChI is InChI=1S/C25H32N2OS/c1-17(2)15-27-23(28)21-22(26-24(27)29-16-18(3)4)20-11-7-6-10-19(20)14-25(21)12-8-5-9-13-25/h6-7,10-11,17H,3,5,8-9,12-16H2,1-2,4H3. The van der Waals surface area contributed by atoms with Crippen LogP contribution in [0.1, 0.15) is 64.0 Å². The van der Waals surface area contributed by atoms with Gasteiger partial charge in [0.1, 0.15) is 0 Å². The lowest BCUT2D eigenvalue weighted by Gasteiger charge is -2.42. The van der Waals surface area contributed by atoms with Gasteiger partial charge in [0, 0.05) is 23.3 Å². The van der Waals surface area contributed by atoms with Crippen molar-refractivity contribution in [2.45, 2.75) is 76.4 Å². The number of fused-ring (bicyclic) bond motifs is 4. The van der Waals surface area contributed by atoms with Crippen molar-refractivity contribution in [1.82, 2.24) is 9.55 Å². The monoisotopic (exact) mass is 408 g/mol. The highest BCUT2D eigenvalue weighted by atomic mass is 32.2. The van der Waals surface area contributed by atoms with Crippen molar-refractivity contribution in [2.75, 3.05) is 5.75 Å². The molecule has 0 aliphatic heterocycles. The average Bonchev–Trinajstić information content (AvgIpc) is 2.68. The van der Waals surface area contributed by atoms with Crippen molar-refractivity contribution in [2.24, 2.45) is 5.92 Å². The van der Waals surface area contributed by atoms with Gasteiger partial charge in [-0.1, -0.05) is 81.3 Å². The van der Waals surface area contributed by atoms with Crippen LogP contribution < -0.4 is 5.56 Å². The van der Waals surface area contributed by atoms with Gasteiger partial charge in [0.05, 0.1) is 11.3 Å². The summed E-state index contributed by atoms with van der Waals surface area (Å²) in [6.45, 7) is 11.1. The highest BCUT2D eigenvalue weighted by molar-refractivity contribution is 7.99. The Morgan fingerprint density at radius 1 is 1.24 bits per heavy atom. The molecule has 3 nitrogen and oxygen atoms in total. The minimum Gasteiger partial charge on any atom is -0.287 e. The van der Waals surface area contributed by atoms with Gasteiger partial charge in [-0.3, -0.25) is 9.36 Å². The lowest BCUT2D eigenvalue weighted by atomic mass is 9.62. The van der Waals surface area contributed by atoms with E-state index in [-0.39, 0.29) is 11.0 Å². The second kappa shape index (κ2) is 8.14. The van der Waals surface area contributed by atoms with Gasteiger partial charge < -0.3 is 0 Å². The molecular formula is C25H32N2OS. The van der Waals surface area contributed by atoms with Crippen LogP contribution >= 0.6 is 11.8 Å². The lowest BCUT2D eigenvalue weighted by Crippen LogP contribution is -2.43. The average molecular weight is 409 g/mol. The number of hydrogen-bond donors (Lipinski definition) is 0. The Balaban J connectivity index is 1.97. The molecule has 0 unspecified atom stereocenters. The first kappa shape index (κ1) is 20.5. The summed E-state index contributed by atoms with van der Waals surface area (Å²) in [6, 6.07) is 8.58. The Bertz CT molecular complexity index is 983. The van der Waals surface area contributed by atoms with Crippen LogP contribution in [0.3, 0.4) is 0 Å². The van der Waals surface area contributed by atoms with E-state index in [2.05, 4.69) is 44.7 Å². The van der Waals surface area contributed by atoms with Gasteiger partial charge in [0.2, 0.25) is 0 Å². The Kier molecular flexibility index (Phi) is 5.74. The van der Waals surface area contributed by atoms with Gasteiger partial charge >= 0.3 is 0 Å². The van der Waals surface area contributed by atoms with Crippen LogP contribution in [-0.4, -0.2) is 15.3 Å². The molecule has 2 aromatic rings. The van der Waals surface area contributed by atoms with Crippen LogP contribution in [0.2, 0.25) is 0 Å². The maximum absolute atomic E-state index is 14.0. The minimum absolute atomic E-state index is 0.0394. The maximum atomic E-state index is 14.0. The van der Waals surface area contributed by atoms with E-state index in [4.69, 9.17) is 4.98 Å². The zero-order chi connectivity index (χ0) is 20.6. The Hall–Kier alpha value is -1.81. The fourth-order valence-electron chi connectivity index (χ4n) is 5.05. The molecule has 0 N–H and O–H groups in total. The van der Waals surface area contributed by atoms with Crippen molar-refractivity contribution < 1.29 is 0 Å². The largest absolute Gasteiger partial charge is 0.287 e. The summed E-state index contributed by atoms with van der Waals surface area (Å²) in [7, 11) is 0. The van der Waals surface area contributed by atoms with Gasteiger partial charge in [-0.05, 0) is 37.7 Å².